The zero-order chi connectivity index (χ0) is 22.5. The number of rotatable bonds is 2. The van der Waals surface area contributed by atoms with Crippen molar-refractivity contribution in [2.24, 2.45) is 0 Å². The van der Waals surface area contributed by atoms with Crippen molar-refractivity contribution in [2.75, 3.05) is 13.2 Å². The molecule has 0 radical (unpaired) electrons. The van der Waals surface area contributed by atoms with Crippen molar-refractivity contribution in [1.29, 1.82) is 0 Å². The summed E-state index contributed by atoms with van der Waals surface area (Å²) < 4.78 is 18.0. The normalized spacial score (nSPS) is 33.7. The van der Waals surface area contributed by atoms with Crippen LogP contribution in [0.1, 0.15) is 42.8 Å². The van der Waals surface area contributed by atoms with Crippen LogP contribution in [0.25, 0.3) is 11.0 Å². The Labute approximate surface area is 190 Å². The third-order valence-corrected chi connectivity index (χ3v) is 8.47. The molecule has 7 heteroatoms. The van der Waals surface area contributed by atoms with Gasteiger partial charge >= 0.3 is 5.97 Å². The van der Waals surface area contributed by atoms with E-state index in [1.54, 1.807) is 12.1 Å². The van der Waals surface area contributed by atoms with E-state index in [-0.39, 0.29) is 23.8 Å². The fourth-order valence-electron chi connectivity index (χ4n) is 7.05. The molecule has 4 heterocycles. The Bertz CT molecular complexity index is 1320. The molecule has 2 aromatic carbocycles. The largest absolute Gasteiger partial charge is 0.504 e. The summed E-state index contributed by atoms with van der Waals surface area (Å²) in [7, 11) is 0. The summed E-state index contributed by atoms with van der Waals surface area (Å²) in [6, 6.07) is 12.7. The molecular weight excluding hydrogens is 422 g/mol. The van der Waals surface area contributed by atoms with Gasteiger partial charge in [-0.1, -0.05) is 30.3 Å². The number of benzene rings is 2. The number of piperidine rings is 1. The Hall–Kier alpha value is -3.03. The number of furan rings is 1. The minimum Gasteiger partial charge on any atom is -0.504 e. The topological polar surface area (TPSA) is 92.4 Å². The van der Waals surface area contributed by atoms with Crippen molar-refractivity contribution in [3.8, 4) is 11.5 Å². The number of carbonyl (C=O) groups excluding carboxylic acids is 1. The Balaban J connectivity index is 1.43. The molecular formula is C26H25NO6. The number of carbonyl (C=O) groups is 1. The minimum atomic E-state index is -1.20. The van der Waals surface area contributed by atoms with Gasteiger partial charge in [0.1, 0.15) is 17.4 Å². The highest BCUT2D eigenvalue weighted by Crippen LogP contribution is 2.67. The average molecular weight is 447 g/mol. The molecule has 2 fully saturated rings. The molecule has 33 heavy (non-hydrogen) atoms. The van der Waals surface area contributed by atoms with Crippen LogP contribution in [0, 0.1) is 0 Å². The fourth-order valence-corrected chi connectivity index (χ4v) is 7.05. The monoisotopic (exact) mass is 447 g/mol. The molecule has 1 aromatic heterocycles. The van der Waals surface area contributed by atoms with Crippen LogP contribution in [0.15, 0.2) is 46.9 Å². The molecule has 5 atom stereocenters. The van der Waals surface area contributed by atoms with Crippen LogP contribution in [0.5, 0.6) is 11.5 Å². The maximum atomic E-state index is 12.6. The smallest absolute Gasteiger partial charge is 0.323 e. The van der Waals surface area contributed by atoms with E-state index in [1.807, 2.05) is 37.3 Å². The number of phenolic OH excluding ortho intramolecular Hbond substituents is 1. The van der Waals surface area contributed by atoms with Gasteiger partial charge < -0.3 is 24.1 Å². The molecule has 7 rings (SSSR count). The zero-order valence-electron chi connectivity index (χ0n) is 18.3. The van der Waals surface area contributed by atoms with Gasteiger partial charge in [0.25, 0.3) is 0 Å². The van der Waals surface area contributed by atoms with Gasteiger partial charge in [-0.05, 0) is 31.9 Å². The molecule has 1 spiro atoms. The predicted octanol–water partition coefficient (Wildman–Crippen LogP) is 3.21. The van der Waals surface area contributed by atoms with E-state index in [2.05, 4.69) is 4.90 Å². The molecule has 1 aliphatic carbocycles. The van der Waals surface area contributed by atoms with Gasteiger partial charge in [0.2, 0.25) is 0 Å². The maximum Gasteiger partial charge on any atom is 0.323 e. The predicted molar refractivity (Wildman–Crippen MR) is 118 cm³/mol. The molecule has 7 nitrogen and oxygen atoms in total. The lowest BCUT2D eigenvalue weighted by Crippen LogP contribution is -2.79. The second-order valence-electron chi connectivity index (χ2n) is 9.67. The van der Waals surface area contributed by atoms with E-state index >= 15 is 0 Å². The standard InChI is InChI=1S/C26H25NO6/c1-2-31-24(29)17-12-20-26(30)13-15-14-6-3-4-9-19(14)32-21(15)23-25(26,10-11-27(17)20)16-7-5-8-18(28)22(16)33-23/h3-9,17,20,23,28,30H,2,10-13H2,1H3/t17?,20?,23-,25?,26+/m0/s1. The lowest BCUT2D eigenvalue weighted by molar-refractivity contribution is -0.221. The van der Waals surface area contributed by atoms with Crippen LogP contribution in [-0.4, -0.2) is 51.9 Å². The van der Waals surface area contributed by atoms with Crippen LogP contribution >= 0.6 is 0 Å². The van der Waals surface area contributed by atoms with E-state index in [0.29, 0.717) is 38.2 Å². The lowest BCUT2D eigenvalue weighted by Gasteiger charge is -2.65. The second kappa shape index (κ2) is 6.30. The summed E-state index contributed by atoms with van der Waals surface area (Å²) in [6.07, 6.45) is 0.951. The summed E-state index contributed by atoms with van der Waals surface area (Å²) in [5.41, 5.74) is 0.557. The van der Waals surface area contributed by atoms with Gasteiger partial charge in [0.15, 0.2) is 17.6 Å². The molecule has 4 aliphatic rings. The van der Waals surface area contributed by atoms with Crippen LogP contribution in [-0.2, 0) is 21.4 Å². The van der Waals surface area contributed by atoms with Gasteiger partial charge in [-0.25, -0.2) is 0 Å². The van der Waals surface area contributed by atoms with Gasteiger partial charge in [-0.3, -0.25) is 9.69 Å². The number of hydrogen-bond acceptors (Lipinski definition) is 7. The van der Waals surface area contributed by atoms with Crippen molar-refractivity contribution in [3.63, 3.8) is 0 Å². The third kappa shape index (κ3) is 2.15. The number of para-hydroxylation sites is 2. The Kier molecular flexibility index (Phi) is 3.71. The first-order valence-electron chi connectivity index (χ1n) is 11.6. The van der Waals surface area contributed by atoms with Crippen LogP contribution in [0.2, 0.25) is 0 Å². The van der Waals surface area contributed by atoms with Crippen molar-refractivity contribution in [1.82, 2.24) is 4.90 Å². The SMILES string of the molecule is CCOC(=O)C1CC2N1CCC13c4cccc(O)c4O[C@H]1c1oc4ccccc4c1C[C@@]23O. The number of hydrogen-bond donors (Lipinski definition) is 2. The molecule has 2 N–H and O–H groups in total. The number of aliphatic hydroxyl groups is 1. The van der Waals surface area contributed by atoms with Crippen molar-refractivity contribution in [3.05, 3.63) is 59.4 Å². The number of nitrogens with zero attached hydrogens (tertiary/aromatic N) is 1. The van der Waals surface area contributed by atoms with Crippen LogP contribution < -0.4 is 4.74 Å². The summed E-state index contributed by atoms with van der Waals surface area (Å²) in [4.78, 5) is 14.6. The first-order chi connectivity index (χ1) is 16.0. The zero-order valence-corrected chi connectivity index (χ0v) is 18.3. The maximum absolute atomic E-state index is 12.6. The lowest BCUT2D eigenvalue weighted by atomic mass is 9.50. The van der Waals surface area contributed by atoms with E-state index in [9.17, 15) is 15.0 Å². The highest BCUT2D eigenvalue weighted by Gasteiger charge is 2.74. The van der Waals surface area contributed by atoms with Crippen molar-refractivity contribution < 1.29 is 28.9 Å². The summed E-state index contributed by atoms with van der Waals surface area (Å²) in [5, 5.41) is 24.2. The third-order valence-electron chi connectivity index (χ3n) is 8.47. The molecule has 0 saturated carbocycles. The van der Waals surface area contributed by atoms with Crippen LogP contribution in [0.3, 0.4) is 0 Å². The van der Waals surface area contributed by atoms with E-state index in [1.165, 1.54) is 0 Å². The van der Waals surface area contributed by atoms with Crippen LogP contribution in [0.4, 0.5) is 0 Å². The molecule has 3 aliphatic heterocycles. The van der Waals surface area contributed by atoms with E-state index < -0.39 is 17.1 Å². The number of esters is 1. The number of aromatic hydroxyl groups is 1. The van der Waals surface area contributed by atoms with Crippen molar-refractivity contribution >= 4 is 16.9 Å². The molecule has 0 bridgehead atoms. The van der Waals surface area contributed by atoms with E-state index in [0.717, 1.165) is 27.9 Å². The fraction of sp³-hybridized carbons (Fsp3) is 0.423. The Morgan fingerprint density at radius 1 is 1.24 bits per heavy atom. The second-order valence-corrected chi connectivity index (χ2v) is 9.67. The van der Waals surface area contributed by atoms with Gasteiger partial charge in [0.05, 0.1) is 17.6 Å². The number of phenols is 1. The highest BCUT2D eigenvalue weighted by atomic mass is 16.5. The quantitative estimate of drug-likeness (QED) is 0.583. The summed E-state index contributed by atoms with van der Waals surface area (Å²) in [6.45, 7) is 2.78. The molecule has 0 amide bonds. The van der Waals surface area contributed by atoms with Crippen molar-refractivity contribution in [2.45, 2.75) is 55.4 Å². The molecule has 2 saturated heterocycles. The van der Waals surface area contributed by atoms with Gasteiger partial charge in [-0.2, -0.15) is 0 Å². The first-order valence-corrected chi connectivity index (χ1v) is 11.6. The highest BCUT2D eigenvalue weighted by molar-refractivity contribution is 5.84. The van der Waals surface area contributed by atoms with Gasteiger partial charge in [-0.15, -0.1) is 0 Å². The Morgan fingerprint density at radius 3 is 2.94 bits per heavy atom. The number of ether oxygens (including phenoxy) is 2. The summed E-state index contributed by atoms with van der Waals surface area (Å²) >= 11 is 0. The Morgan fingerprint density at radius 2 is 2.09 bits per heavy atom. The average Bonchev–Trinajstić information content (AvgIpc) is 3.30. The molecule has 3 aromatic rings. The number of fused-ring (bicyclic) bond motifs is 7. The summed E-state index contributed by atoms with van der Waals surface area (Å²) in [5.74, 6) is 0.989. The van der Waals surface area contributed by atoms with E-state index in [4.69, 9.17) is 13.9 Å². The molecule has 170 valence electrons. The first kappa shape index (κ1) is 19.4. The van der Waals surface area contributed by atoms with Gasteiger partial charge in [0, 0.05) is 35.5 Å². The minimum absolute atomic E-state index is 0.0664. The molecule has 3 unspecified atom stereocenters.